The fourth-order valence-electron chi connectivity index (χ4n) is 3.19. The summed E-state index contributed by atoms with van der Waals surface area (Å²) in [4.78, 5) is 0. The Morgan fingerprint density at radius 3 is 2.40 bits per heavy atom. The van der Waals surface area contributed by atoms with Gasteiger partial charge in [-0.25, -0.2) is 0 Å². The van der Waals surface area contributed by atoms with Crippen LogP contribution >= 0.6 is 23.2 Å². The van der Waals surface area contributed by atoms with Gasteiger partial charge >= 0.3 is 0 Å². The summed E-state index contributed by atoms with van der Waals surface area (Å²) < 4.78 is 0. The van der Waals surface area contributed by atoms with Crippen molar-refractivity contribution in [3.8, 4) is 0 Å². The summed E-state index contributed by atoms with van der Waals surface area (Å²) in [5.41, 5.74) is 1.34. The molecule has 1 N–H and O–H groups in total. The van der Waals surface area contributed by atoms with E-state index in [1.54, 1.807) is 0 Å². The third kappa shape index (κ3) is 4.38. The molecule has 1 aliphatic carbocycles. The summed E-state index contributed by atoms with van der Waals surface area (Å²) in [5, 5.41) is 4.94. The number of hydrogen-bond donors (Lipinski definition) is 1. The maximum atomic E-state index is 6.20. The van der Waals surface area contributed by atoms with Crippen molar-refractivity contribution in [3.05, 3.63) is 33.8 Å². The molecule has 20 heavy (non-hydrogen) atoms. The van der Waals surface area contributed by atoms with Crippen molar-refractivity contribution in [3.63, 3.8) is 0 Å². The first kappa shape index (κ1) is 16.1. The van der Waals surface area contributed by atoms with Gasteiger partial charge in [0, 0.05) is 6.54 Å². The summed E-state index contributed by atoms with van der Waals surface area (Å²) in [6.45, 7) is 6.61. The minimum atomic E-state index is 0.561. The lowest BCUT2D eigenvalue weighted by Crippen LogP contribution is -2.28. The second-order valence-electron chi connectivity index (χ2n) is 6.38. The summed E-state index contributed by atoms with van der Waals surface area (Å²) in [7, 11) is 0. The minimum Gasteiger partial charge on any atom is -0.316 e. The molecule has 0 aliphatic heterocycles. The number of hydrogen-bond acceptors (Lipinski definition) is 1. The zero-order valence-corrected chi connectivity index (χ0v) is 14.0. The van der Waals surface area contributed by atoms with Gasteiger partial charge in [0.25, 0.3) is 0 Å². The zero-order chi connectivity index (χ0) is 14.5. The van der Waals surface area contributed by atoms with Crippen LogP contribution in [0.2, 0.25) is 10.0 Å². The standard InChI is InChI=1S/C17H25Cl2N/c1-12(2)10-20-11-15(13-5-3-4-6-13)14-7-8-16(18)17(19)9-14/h7-9,12-13,15,20H,3-6,10-11H2,1-2H3. The number of halogens is 2. The molecule has 0 heterocycles. The Balaban J connectivity index is 2.09. The highest BCUT2D eigenvalue weighted by atomic mass is 35.5. The summed E-state index contributed by atoms with van der Waals surface area (Å²) >= 11 is 12.2. The first-order chi connectivity index (χ1) is 9.58. The molecular weight excluding hydrogens is 289 g/mol. The van der Waals surface area contributed by atoms with Crippen molar-refractivity contribution in [2.75, 3.05) is 13.1 Å². The van der Waals surface area contributed by atoms with Crippen LogP contribution in [0.1, 0.15) is 51.0 Å². The molecule has 1 nitrogen and oxygen atoms in total. The largest absolute Gasteiger partial charge is 0.316 e. The maximum absolute atomic E-state index is 6.20. The molecule has 3 heteroatoms. The van der Waals surface area contributed by atoms with Crippen LogP contribution in [0.4, 0.5) is 0 Å². The van der Waals surface area contributed by atoms with Crippen LogP contribution in [-0.2, 0) is 0 Å². The van der Waals surface area contributed by atoms with Gasteiger partial charge in [0.05, 0.1) is 10.0 Å². The van der Waals surface area contributed by atoms with Gasteiger partial charge in [0.15, 0.2) is 0 Å². The monoisotopic (exact) mass is 313 g/mol. The molecule has 1 aromatic carbocycles. The Labute approximate surface area is 133 Å². The molecule has 0 bridgehead atoms. The highest BCUT2D eigenvalue weighted by Gasteiger charge is 2.26. The molecule has 1 aliphatic rings. The van der Waals surface area contributed by atoms with Gasteiger partial charge in [-0.05, 0) is 54.8 Å². The number of benzene rings is 1. The van der Waals surface area contributed by atoms with E-state index in [-0.39, 0.29) is 0 Å². The van der Waals surface area contributed by atoms with Gasteiger partial charge in [-0.3, -0.25) is 0 Å². The van der Waals surface area contributed by atoms with E-state index in [4.69, 9.17) is 23.2 Å². The molecule has 1 atom stereocenters. The number of nitrogens with one attached hydrogen (secondary N) is 1. The molecule has 1 fully saturated rings. The molecule has 1 aromatic rings. The van der Waals surface area contributed by atoms with Crippen molar-refractivity contribution < 1.29 is 0 Å². The lowest BCUT2D eigenvalue weighted by molar-refractivity contribution is 0.400. The molecule has 0 saturated heterocycles. The van der Waals surface area contributed by atoms with E-state index < -0.39 is 0 Å². The molecular formula is C17H25Cl2N. The molecule has 2 rings (SSSR count). The van der Waals surface area contributed by atoms with Crippen LogP contribution in [0.5, 0.6) is 0 Å². The van der Waals surface area contributed by atoms with Gasteiger partial charge in [-0.2, -0.15) is 0 Å². The van der Waals surface area contributed by atoms with Gasteiger partial charge < -0.3 is 5.32 Å². The van der Waals surface area contributed by atoms with Crippen molar-refractivity contribution >= 4 is 23.2 Å². The maximum Gasteiger partial charge on any atom is 0.0595 e. The predicted molar refractivity (Wildman–Crippen MR) is 88.9 cm³/mol. The first-order valence-electron chi connectivity index (χ1n) is 7.73. The third-order valence-corrected chi connectivity index (χ3v) is 5.00. The fraction of sp³-hybridized carbons (Fsp3) is 0.647. The van der Waals surface area contributed by atoms with E-state index in [0.29, 0.717) is 21.9 Å². The predicted octanol–water partition coefficient (Wildman–Crippen LogP) is 5.51. The minimum absolute atomic E-state index is 0.561. The van der Waals surface area contributed by atoms with Crippen LogP contribution in [-0.4, -0.2) is 13.1 Å². The molecule has 0 spiro atoms. The Morgan fingerprint density at radius 2 is 1.80 bits per heavy atom. The summed E-state index contributed by atoms with van der Waals surface area (Å²) in [5.74, 6) is 2.03. The SMILES string of the molecule is CC(C)CNCC(c1ccc(Cl)c(Cl)c1)C1CCCC1. The fourth-order valence-corrected chi connectivity index (χ4v) is 3.49. The van der Waals surface area contributed by atoms with Crippen LogP contribution in [0.25, 0.3) is 0 Å². The highest BCUT2D eigenvalue weighted by molar-refractivity contribution is 6.42. The Morgan fingerprint density at radius 1 is 1.10 bits per heavy atom. The number of rotatable bonds is 6. The van der Waals surface area contributed by atoms with Crippen molar-refractivity contribution in [1.82, 2.24) is 5.32 Å². The third-order valence-electron chi connectivity index (χ3n) is 4.26. The zero-order valence-electron chi connectivity index (χ0n) is 12.5. The van der Waals surface area contributed by atoms with Crippen molar-refractivity contribution in [1.29, 1.82) is 0 Å². The van der Waals surface area contributed by atoms with Crippen molar-refractivity contribution in [2.24, 2.45) is 11.8 Å². The summed E-state index contributed by atoms with van der Waals surface area (Å²) in [6.07, 6.45) is 5.42. The Bertz CT molecular complexity index is 425. The second kappa shape index (κ2) is 7.68. The second-order valence-corrected chi connectivity index (χ2v) is 7.19. The van der Waals surface area contributed by atoms with Crippen LogP contribution in [0.15, 0.2) is 18.2 Å². The average Bonchev–Trinajstić information content (AvgIpc) is 2.91. The lowest BCUT2D eigenvalue weighted by atomic mass is 9.84. The molecule has 112 valence electrons. The average molecular weight is 314 g/mol. The Hall–Kier alpha value is -0.240. The molecule has 0 radical (unpaired) electrons. The molecule has 1 unspecified atom stereocenters. The smallest absolute Gasteiger partial charge is 0.0595 e. The van der Waals surface area contributed by atoms with Gasteiger partial charge in [-0.1, -0.05) is 56.0 Å². The van der Waals surface area contributed by atoms with E-state index in [9.17, 15) is 0 Å². The molecule has 0 aromatic heterocycles. The topological polar surface area (TPSA) is 12.0 Å². The lowest BCUT2D eigenvalue weighted by Gasteiger charge is -2.25. The van der Waals surface area contributed by atoms with Crippen molar-refractivity contribution in [2.45, 2.75) is 45.4 Å². The van der Waals surface area contributed by atoms with Gasteiger partial charge in [0.1, 0.15) is 0 Å². The van der Waals surface area contributed by atoms with Crippen LogP contribution < -0.4 is 5.32 Å². The highest BCUT2D eigenvalue weighted by Crippen LogP contribution is 2.38. The van der Waals surface area contributed by atoms with E-state index in [0.717, 1.165) is 19.0 Å². The van der Waals surface area contributed by atoms with Gasteiger partial charge in [-0.15, -0.1) is 0 Å². The Kier molecular flexibility index (Phi) is 6.20. The quantitative estimate of drug-likeness (QED) is 0.729. The summed E-state index contributed by atoms with van der Waals surface area (Å²) in [6, 6.07) is 6.14. The first-order valence-corrected chi connectivity index (χ1v) is 8.49. The molecule has 1 saturated carbocycles. The van der Waals surface area contributed by atoms with E-state index in [1.165, 1.54) is 31.2 Å². The van der Waals surface area contributed by atoms with E-state index in [1.807, 2.05) is 6.07 Å². The van der Waals surface area contributed by atoms with E-state index in [2.05, 4.69) is 31.3 Å². The normalized spacial score (nSPS) is 17.9. The van der Waals surface area contributed by atoms with Crippen LogP contribution in [0.3, 0.4) is 0 Å². The molecule has 0 amide bonds. The van der Waals surface area contributed by atoms with Crippen LogP contribution in [0, 0.1) is 11.8 Å². The van der Waals surface area contributed by atoms with Gasteiger partial charge in [0.2, 0.25) is 0 Å². The van der Waals surface area contributed by atoms with E-state index >= 15 is 0 Å².